The number of ether oxygens (including phenoxy) is 1. The molecule has 0 spiro atoms. The number of nitrogens with zero attached hydrogens (tertiary/aromatic N) is 2. The van der Waals surface area contributed by atoms with Gasteiger partial charge in [-0.15, -0.1) is 0 Å². The second-order valence-electron chi connectivity index (χ2n) is 5.83. The molecule has 1 aliphatic heterocycles. The molecule has 130 valence electrons. The largest absolute Gasteiger partial charge is 0.481 e. The molecule has 0 radical (unpaired) electrons. The second kappa shape index (κ2) is 7.53. The molecule has 1 saturated heterocycles. The molecular weight excluding hydrogens is 344 g/mol. The number of piperidine rings is 1. The highest BCUT2D eigenvalue weighted by Crippen LogP contribution is 2.30. The minimum absolute atomic E-state index is 0.152. The first kappa shape index (κ1) is 17.2. The molecule has 1 amide bonds. The van der Waals surface area contributed by atoms with E-state index >= 15 is 0 Å². The summed E-state index contributed by atoms with van der Waals surface area (Å²) in [5, 5.41) is 9.37. The van der Waals surface area contributed by atoms with E-state index in [2.05, 4.69) is 4.98 Å². The van der Waals surface area contributed by atoms with Crippen molar-refractivity contribution in [3.05, 3.63) is 53.3 Å². The number of benzene rings is 1. The first-order valence-corrected chi connectivity index (χ1v) is 8.32. The second-order valence-corrected chi connectivity index (χ2v) is 6.24. The van der Waals surface area contributed by atoms with Gasteiger partial charge >= 0.3 is 5.97 Å². The average Bonchev–Trinajstić information content (AvgIpc) is 2.64. The van der Waals surface area contributed by atoms with Crippen molar-refractivity contribution in [1.29, 1.82) is 0 Å². The van der Waals surface area contributed by atoms with Crippen LogP contribution in [-0.4, -0.2) is 40.0 Å². The van der Waals surface area contributed by atoms with Crippen LogP contribution in [0.4, 0.5) is 0 Å². The molecule has 0 atom stereocenters. The van der Waals surface area contributed by atoms with Gasteiger partial charge in [0, 0.05) is 31.0 Å². The molecule has 25 heavy (non-hydrogen) atoms. The summed E-state index contributed by atoms with van der Waals surface area (Å²) in [6, 6.07) is 8.31. The predicted molar refractivity (Wildman–Crippen MR) is 92.0 cm³/mol. The number of carboxylic acids is 1. The van der Waals surface area contributed by atoms with Gasteiger partial charge in [-0.05, 0) is 43.2 Å². The highest BCUT2D eigenvalue weighted by Gasteiger charge is 2.27. The Morgan fingerprint density at radius 1 is 1.16 bits per heavy atom. The van der Waals surface area contributed by atoms with E-state index < -0.39 is 5.97 Å². The maximum absolute atomic E-state index is 12.6. The molecule has 1 aliphatic rings. The topological polar surface area (TPSA) is 79.7 Å². The Morgan fingerprint density at radius 2 is 1.84 bits per heavy atom. The zero-order valence-corrected chi connectivity index (χ0v) is 14.1. The Morgan fingerprint density at radius 3 is 2.44 bits per heavy atom. The zero-order valence-electron chi connectivity index (χ0n) is 13.4. The Hall–Kier alpha value is -2.60. The van der Waals surface area contributed by atoms with Gasteiger partial charge in [0.05, 0.1) is 10.9 Å². The summed E-state index contributed by atoms with van der Waals surface area (Å²) >= 11 is 6.24. The Labute approximate surface area is 150 Å². The van der Waals surface area contributed by atoms with Crippen LogP contribution in [0.1, 0.15) is 23.2 Å². The molecule has 2 heterocycles. The molecule has 0 aliphatic carbocycles. The van der Waals surface area contributed by atoms with E-state index in [-0.39, 0.29) is 11.8 Å². The molecular formula is C18H17ClN2O4. The van der Waals surface area contributed by atoms with Crippen LogP contribution >= 0.6 is 11.6 Å². The van der Waals surface area contributed by atoms with Gasteiger partial charge in [0.1, 0.15) is 11.5 Å². The highest BCUT2D eigenvalue weighted by atomic mass is 35.5. The van der Waals surface area contributed by atoms with Crippen molar-refractivity contribution >= 4 is 23.5 Å². The van der Waals surface area contributed by atoms with E-state index in [1.807, 2.05) is 0 Å². The number of aliphatic carboxylic acids is 1. The van der Waals surface area contributed by atoms with Crippen molar-refractivity contribution in [2.24, 2.45) is 5.92 Å². The Bertz CT molecular complexity index is 774. The normalized spacial score (nSPS) is 15.0. The molecule has 3 rings (SSSR count). The summed E-state index contributed by atoms with van der Waals surface area (Å²) in [5.74, 6) is -0.265. The Kier molecular flexibility index (Phi) is 5.19. The van der Waals surface area contributed by atoms with Crippen LogP contribution < -0.4 is 4.74 Å². The predicted octanol–water partition coefficient (Wildman–Crippen LogP) is 3.46. The van der Waals surface area contributed by atoms with Crippen molar-refractivity contribution in [2.45, 2.75) is 12.8 Å². The molecule has 6 nitrogen and oxygen atoms in total. The van der Waals surface area contributed by atoms with Gasteiger partial charge in [-0.3, -0.25) is 14.6 Å². The molecule has 1 aromatic carbocycles. The third kappa shape index (κ3) is 4.09. The fraction of sp³-hybridized carbons (Fsp3) is 0.278. The summed E-state index contributed by atoms with van der Waals surface area (Å²) in [4.78, 5) is 29.1. The quantitative estimate of drug-likeness (QED) is 0.903. The number of pyridine rings is 1. The van der Waals surface area contributed by atoms with E-state index in [0.717, 1.165) is 0 Å². The third-order valence-electron chi connectivity index (χ3n) is 4.19. The van der Waals surface area contributed by atoms with Crippen LogP contribution in [0.15, 0.2) is 42.7 Å². The number of hydrogen-bond acceptors (Lipinski definition) is 4. The van der Waals surface area contributed by atoms with E-state index in [0.29, 0.717) is 48.0 Å². The van der Waals surface area contributed by atoms with Crippen molar-refractivity contribution in [3.8, 4) is 11.5 Å². The lowest BCUT2D eigenvalue weighted by Crippen LogP contribution is -2.40. The summed E-state index contributed by atoms with van der Waals surface area (Å²) in [5.41, 5.74) is 0.459. The number of carbonyl (C=O) groups excluding carboxylic acids is 1. The lowest BCUT2D eigenvalue weighted by atomic mass is 9.96. The van der Waals surface area contributed by atoms with Gasteiger partial charge in [-0.1, -0.05) is 11.6 Å². The number of carboxylic acid groups (broad SMARTS) is 1. The first-order valence-electron chi connectivity index (χ1n) is 7.94. The summed E-state index contributed by atoms with van der Waals surface area (Å²) in [6.07, 6.45) is 4.17. The minimum Gasteiger partial charge on any atom is -0.481 e. The molecule has 0 bridgehead atoms. The van der Waals surface area contributed by atoms with Crippen LogP contribution in [0.25, 0.3) is 0 Å². The van der Waals surface area contributed by atoms with Crippen LogP contribution in [0, 0.1) is 5.92 Å². The molecule has 1 aromatic heterocycles. The number of likely N-dealkylation sites (tertiary alicyclic amines) is 1. The molecule has 2 aromatic rings. The van der Waals surface area contributed by atoms with Crippen LogP contribution in [0.5, 0.6) is 11.5 Å². The zero-order chi connectivity index (χ0) is 17.8. The number of amides is 1. The molecule has 1 N–H and O–H groups in total. The average molecular weight is 361 g/mol. The fourth-order valence-electron chi connectivity index (χ4n) is 2.76. The molecule has 1 fully saturated rings. The van der Waals surface area contributed by atoms with Gasteiger partial charge in [0.25, 0.3) is 5.91 Å². The van der Waals surface area contributed by atoms with Gasteiger partial charge in [-0.2, -0.15) is 0 Å². The summed E-state index contributed by atoms with van der Waals surface area (Å²) < 4.78 is 5.67. The minimum atomic E-state index is -0.798. The molecule has 0 saturated carbocycles. The van der Waals surface area contributed by atoms with Gasteiger partial charge in [-0.25, -0.2) is 0 Å². The molecule has 7 heteroatoms. The maximum Gasteiger partial charge on any atom is 0.306 e. The SMILES string of the molecule is O=C(O)C1CCN(C(=O)c2ccc(Oc3ccncc3)c(Cl)c2)CC1. The van der Waals surface area contributed by atoms with E-state index in [4.69, 9.17) is 21.4 Å². The first-order chi connectivity index (χ1) is 12.0. The third-order valence-corrected chi connectivity index (χ3v) is 4.48. The van der Waals surface area contributed by atoms with Crippen LogP contribution in [-0.2, 0) is 4.79 Å². The van der Waals surface area contributed by atoms with E-state index in [1.54, 1.807) is 47.6 Å². The number of rotatable bonds is 4. The standard InChI is InChI=1S/C18H17ClN2O4/c19-15-11-13(1-2-16(15)25-14-3-7-20-8-4-14)17(22)21-9-5-12(6-10-21)18(23)24/h1-4,7-8,11-12H,5-6,9-10H2,(H,23,24). The monoisotopic (exact) mass is 360 g/mol. The van der Waals surface area contributed by atoms with Gasteiger partial charge in [0.2, 0.25) is 0 Å². The van der Waals surface area contributed by atoms with Gasteiger partial charge in [0.15, 0.2) is 0 Å². The van der Waals surface area contributed by atoms with Crippen molar-refractivity contribution in [1.82, 2.24) is 9.88 Å². The number of hydrogen-bond donors (Lipinski definition) is 1. The number of aromatic nitrogens is 1. The molecule has 0 unspecified atom stereocenters. The number of carbonyl (C=O) groups is 2. The van der Waals surface area contributed by atoms with Crippen molar-refractivity contribution in [3.63, 3.8) is 0 Å². The number of halogens is 1. The lowest BCUT2D eigenvalue weighted by Gasteiger charge is -2.30. The van der Waals surface area contributed by atoms with Crippen molar-refractivity contribution in [2.75, 3.05) is 13.1 Å². The maximum atomic E-state index is 12.6. The van der Waals surface area contributed by atoms with Crippen LogP contribution in [0.2, 0.25) is 5.02 Å². The van der Waals surface area contributed by atoms with Crippen molar-refractivity contribution < 1.29 is 19.4 Å². The van der Waals surface area contributed by atoms with Crippen LogP contribution in [0.3, 0.4) is 0 Å². The summed E-state index contributed by atoms with van der Waals surface area (Å²) in [7, 11) is 0. The Balaban J connectivity index is 1.68. The van der Waals surface area contributed by atoms with Gasteiger partial charge < -0.3 is 14.7 Å². The lowest BCUT2D eigenvalue weighted by molar-refractivity contribution is -0.143. The summed E-state index contributed by atoms with van der Waals surface area (Å²) in [6.45, 7) is 0.866. The highest BCUT2D eigenvalue weighted by molar-refractivity contribution is 6.32. The van der Waals surface area contributed by atoms with E-state index in [9.17, 15) is 9.59 Å². The van der Waals surface area contributed by atoms with E-state index in [1.165, 1.54) is 0 Å². The smallest absolute Gasteiger partial charge is 0.306 e. The fourth-order valence-corrected chi connectivity index (χ4v) is 2.98.